The van der Waals surface area contributed by atoms with Gasteiger partial charge in [-0.05, 0) is 24.6 Å². The number of hydrogen-bond acceptors (Lipinski definition) is 4. The van der Waals surface area contributed by atoms with Crippen LogP contribution in [0.5, 0.6) is 0 Å². The van der Waals surface area contributed by atoms with Crippen molar-refractivity contribution >= 4 is 22.8 Å². The summed E-state index contributed by atoms with van der Waals surface area (Å²) in [6.07, 6.45) is 11.8. The number of benzene rings is 1. The zero-order valence-electron chi connectivity index (χ0n) is 16.9. The predicted octanol–water partition coefficient (Wildman–Crippen LogP) is 5.59. The van der Waals surface area contributed by atoms with E-state index in [2.05, 4.69) is 37.0 Å². The summed E-state index contributed by atoms with van der Waals surface area (Å²) in [6, 6.07) is 8.11. The third kappa shape index (κ3) is 4.99. The topological polar surface area (TPSA) is 59.4 Å². The molecule has 0 spiro atoms. The van der Waals surface area contributed by atoms with E-state index in [1.54, 1.807) is 0 Å². The number of aliphatic hydroxyl groups excluding tert-OH is 1. The minimum atomic E-state index is -0.532. The fraction of sp³-hybridized carbons (Fsp3) is 0.500. The largest absolute Gasteiger partial charge is 0.462 e. The molecule has 4 heteroatoms. The summed E-state index contributed by atoms with van der Waals surface area (Å²) in [7, 11) is 0. The van der Waals surface area contributed by atoms with E-state index in [0.717, 1.165) is 60.6 Å². The number of fused-ring (bicyclic) bond motifs is 1. The first-order valence-electron chi connectivity index (χ1n) is 10.5. The molecule has 1 N–H and O–H groups in total. The van der Waals surface area contributed by atoms with Crippen LogP contribution in [0, 0.1) is 5.92 Å². The first-order chi connectivity index (χ1) is 13.6. The lowest BCUT2D eigenvalue weighted by Gasteiger charge is -2.25. The summed E-state index contributed by atoms with van der Waals surface area (Å²) in [5.74, 6) is 0.0624. The minimum Gasteiger partial charge on any atom is -0.462 e. The number of aromatic nitrogens is 1. The average molecular weight is 382 g/mol. The molecule has 1 aliphatic rings. The predicted molar refractivity (Wildman–Crippen MR) is 113 cm³/mol. The molecule has 0 unspecified atom stereocenters. The second-order valence-electron chi connectivity index (χ2n) is 7.79. The molecule has 28 heavy (non-hydrogen) atoms. The zero-order chi connectivity index (χ0) is 19.9. The van der Waals surface area contributed by atoms with E-state index in [0.29, 0.717) is 6.42 Å². The smallest absolute Gasteiger partial charge is 0.306 e. The van der Waals surface area contributed by atoms with Gasteiger partial charge in [0, 0.05) is 29.5 Å². The van der Waals surface area contributed by atoms with Crippen LogP contribution in [0.25, 0.3) is 16.8 Å². The molecule has 1 aromatic carbocycles. The molecule has 2 aromatic rings. The summed E-state index contributed by atoms with van der Waals surface area (Å²) in [5.41, 5.74) is 1.78. The molecule has 0 aliphatic carbocycles. The number of ether oxygens (including phenoxy) is 1. The molecule has 3 rings (SSSR count). The average Bonchev–Trinajstić information content (AvgIpc) is 2.71. The molecule has 3 atom stereocenters. The fourth-order valence-corrected chi connectivity index (χ4v) is 3.84. The number of carbonyl (C=O) groups is 1. The third-order valence-corrected chi connectivity index (χ3v) is 5.57. The highest BCUT2D eigenvalue weighted by Gasteiger charge is 2.24. The Kier molecular flexibility index (Phi) is 7.21. The standard InChI is InChI=1S/C24H31NO3/c1-3-4-5-11-21(26)24-20-10-7-6-9-19(20)18(16-25-24)15-14-17(2)22-12-8-13-23(27)28-22/h6-7,9-10,14-17,21-22,26H,3-5,8,11-13H2,1-2H3/b15-14+/t17-,21+,22+/m1/s1. The van der Waals surface area contributed by atoms with E-state index in [4.69, 9.17) is 4.74 Å². The van der Waals surface area contributed by atoms with Gasteiger partial charge in [0.05, 0.1) is 11.8 Å². The molecule has 150 valence electrons. The third-order valence-electron chi connectivity index (χ3n) is 5.57. The summed E-state index contributed by atoms with van der Waals surface area (Å²) >= 11 is 0. The van der Waals surface area contributed by atoms with Gasteiger partial charge in [-0.2, -0.15) is 0 Å². The van der Waals surface area contributed by atoms with Crippen LogP contribution in [0.4, 0.5) is 0 Å². The van der Waals surface area contributed by atoms with Crippen molar-refractivity contribution in [1.82, 2.24) is 4.98 Å². The highest BCUT2D eigenvalue weighted by molar-refractivity contribution is 5.92. The molecule has 0 radical (unpaired) electrons. The Hall–Kier alpha value is -2.20. The van der Waals surface area contributed by atoms with Crippen molar-refractivity contribution in [2.75, 3.05) is 0 Å². The van der Waals surface area contributed by atoms with Crippen molar-refractivity contribution in [1.29, 1.82) is 0 Å². The van der Waals surface area contributed by atoms with Crippen molar-refractivity contribution in [3.05, 3.63) is 47.8 Å². The van der Waals surface area contributed by atoms with Crippen LogP contribution >= 0.6 is 0 Å². The summed E-state index contributed by atoms with van der Waals surface area (Å²) in [4.78, 5) is 16.1. The van der Waals surface area contributed by atoms with E-state index in [1.165, 1.54) is 0 Å². The first kappa shape index (κ1) is 20.5. The lowest BCUT2D eigenvalue weighted by Crippen LogP contribution is -2.28. The van der Waals surface area contributed by atoms with Gasteiger partial charge in [-0.3, -0.25) is 9.78 Å². The maximum atomic E-state index is 11.5. The van der Waals surface area contributed by atoms with Gasteiger partial charge < -0.3 is 9.84 Å². The van der Waals surface area contributed by atoms with Crippen LogP contribution in [0.3, 0.4) is 0 Å². The first-order valence-corrected chi connectivity index (χ1v) is 10.5. The molecule has 4 nitrogen and oxygen atoms in total. The number of aliphatic hydroxyl groups is 1. The van der Waals surface area contributed by atoms with E-state index in [-0.39, 0.29) is 18.0 Å². The van der Waals surface area contributed by atoms with Gasteiger partial charge in [-0.1, -0.05) is 69.5 Å². The van der Waals surface area contributed by atoms with Crippen molar-refractivity contribution in [2.24, 2.45) is 5.92 Å². The van der Waals surface area contributed by atoms with Gasteiger partial charge >= 0.3 is 5.97 Å². The highest BCUT2D eigenvalue weighted by Crippen LogP contribution is 2.29. The normalized spacial score (nSPS) is 19.7. The van der Waals surface area contributed by atoms with Crippen molar-refractivity contribution in [3.63, 3.8) is 0 Å². The molecular weight excluding hydrogens is 350 g/mol. The zero-order valence-corrected chi connectivity index (χ0v) is 16.9. The Bertz CT molecular complexity index is 830. The monoisotopic (exact) mass is 381 g/mol. The Labute approximate surface area is 167 Å². The molecule has 0 amide bonds. The Morgan fingerprint density at radius 1 is 1.29 bits per heavy atom. The number of rotatable bonds is 8. The van der Waals surface area contributed by atoms with E-state index in [9.17, 15) is 9.90 Å². The van der Waals surface area contributed by atoms with Gasteiger partial charge in [-0.25, -0.2) is 0 Å². The maximum Gasteiger partial charge on any atom is 0.306 e. The second kappa shape index (κ2) is 9.83. The van der Waals surface area contributed by atoms with Gasteiger partial charge in [0.1, 0.15) is 6.10 Å². The lowest BCUT2D eigenvalue weighted by molar-refractivity contribution is -0.155. The van der Waals surface area contributed by atoms with Crippen LogP contribution < -0.4 is 0 Å². The number of cyclic esters (lactones) is 1. The van der Waals surface area contributed by atoms with Crippen molar-refractivity contribution in [2.45, 2.75) is 71.0 Å². The Morgan fingerprint density at radius 3 is 2.82 bits per heavy atom. The summed E-state index contributed by atoms with van der Waals surface area (Å²) < 4.78 is 5.48. The highest BCUT2D eigenvalue weighted by atomic mass is 16.5. The van der Waals surface area contributed by atoms with Gasteiger partial charge in [0.2, 0.25) is 0 Å². The van der Waals surface area contributed by atoms with E-state index in [1.807, 2.05) is 24.4 Å². The van der Waals surface area contributed by atoms with E-state index < -0.39 is 6.10 Å². The van der Waals surface area contributed by atoms with Gasteiger partial charge in [0.15, 0.2) is 0 Å². The van der Waals surface area contributed by atoms with Gasteiger partial charge in [0.25, 0.3) is 0 Å². The number of nitrogens with zero attached hydrogens (tertiary/aromatic N) is 1. The quantitative estimate of drug-likeness (QED) is 0.478. The van der Waals surface area contributed by atoms with Crippen LogP contribution in [0.15, 0.2) is 36.5 Å². The molecule has 1 saturated heterocycles. The molecular formula is C24H31NO3. The Morgan fingerprint density at radius 2 is 2.07 bits per heavy atom. The van der Waals surface area contributed by atoms with Crippen molar-refractivity contribution in [3.8, 4) is 0 Å². The molecule has 0 saturated carbocycles. The fourth-order valence-electron chi connectivity index (χ4n) is 3.84. The number of carbonyl (C=O) groups excluding carboxylic acids is 1. The van der Waals surface area contributed by atoms with Crippen LogP contribution in [-0.2, 0) is 9.53 Å². The second-order valence-corrected chi connectivity index (χ2v) is 7.79. The summed E-state index contributed by atoms with van der Waals surface area (Å²) in [6.45, 7) is 4.25. The lowest BCUT2D eigenvalue weighted by atomic mass is 9.95. The molecule has 1 fully saturated rings. The van der Waals surface area contributed by atoms with E-state index >= 15 is 0 Å². The SMILES string of the molecule is CCCCC[C@H](O)c1ncc(/C=C/[C@@H](C)[C@@H]2CCCC(=O)O2)c2ccccc12. The molecule has 1 aliphatic heterocycles. The minimum absolute atomic E-state index is 0.0450. The van der Waals surface area contributed by atoms with Crippen LogP contribution in [0.1, 0.15) is 76.2 Å². The molecule has 1 aromatic heterocycles. The Balaban J connectivity index is 1.80. The number of pyridine rings is 1. The number of esters is 1. The van der Waals surface area contributed by atoms with Crippen molar-refractivity contribution < 1.29 is 14.6 Å². The molecule has 0 bridgehead atoms. The molecule has 2 heterocycles. The van der Waals surface area contributed by atoms with Crippen LogP contribution in [0.2, 0.25) is 0 Å². The van der Waals surface area contributed by atoms with Gasteiger partial charge in [-0.15, -0.1) is 0 Å². The maximum absolute atomic E-state index is 11.5. The number of unbranched alkanes of at least 4 members (excludes halogenated alkanes) is 2. The summed E-state index contributed by atoms with van der Waals surface area (Å²) in [5, 5.41) is 12.7. The number of hydrogen-bond donors (Lipinski definition) is 1. The van der Waals surface area contributed by atoms with Crippen LogP contribution in [-0.4, -0.2) is 22.2 Å².